The first-order chi connectivity index (χ1) is 12.2. The third kappa shape index (κ3) is 6.74. The van der Waals surface area contributed by atoms with Gasteiger partial charge >= 0.3 is 0 Å². The molecule has 1 N–H and O–H groups in total. The summed E-state index contributed by atoms with van der Waals surface area (Å²) >= 11 is 5.82. The topological polar surface area (TPSA) is 66.5 Å². The van der Waals surface area contributed by atoms with Gasteiger partial charge in [-0.25, -0.2) is 12.8 Å². The van der Waals surface area contributed by atoms with Gasteiger partial charge in [-0.05, 0) is 41.8 Å². The molecule has 2 aromatic rings. The molecule has 26 heavy (non-hydrogen) atoms. The minimum atomic E-state index is -3.59. The molecule has 2 aromatic carbocycles. The van der Waals surface area contributed by atoms with E-state index >= 15 is 0 Å². The monoisotopic (exact) mass is 398 g/mol. The van der Waals surface area contributed by atoms with E-state index < -0.39 is 21.7 Å². The van der Waals surface area contributed by atoms with Crippen molar-refractivity contribution in [2.24, 2.45) is 0 Å². The zero-order chi connectivity index (χ0) is 19.2. The number of carbonyl (C=O) groups is 1. The Kier molecular flexibility index (Phi) is 7.14. The Morgan fingerprint density at radius 3 is 2.23 bits per heavy atom. The van der Waals surface area contributed by atoms with Gasteiger partial charge in [0, 0.05) is 18.1 Å². The Hall–Kier alpha value is -1.96. The van der Waals surface area contributed by atoms with E-state index in [-0.39, 0.29) is 13.1 Å². The van der Waals surface area contributed by atoms with Gasteiger partial charge in [-0.15, -0.1) is 0 Å². The maximum Gasteiger partial charge on any atom is 0.235 e. The van der Waals surface area contributed by atoms with E-state index in [1.807, 2.05) is 12.1 Å². The number of halogens is 2. The van der Waals surface area contributed by atoms with Crippen LogP contribution in [0.25, 0.3) is 0 Å². The Morgan fingerprint density at radius 1 is 1.08 bits per heavy atom. The zero-order valence-electron chi connectivity index (χ0n) is 14.3. The van der Waals surface area contributed by atoms with E-state index in [9.17, 15) is 17.6 Å². The van der Waals surface area contributed by atoms with Crippen LogP contribution < -0.4 is 5.32 Å². The minimum Gasteiger partial charge on any atom is -0.355 e. The van der Waals surface area contributed by atoms with Crippen molar-refractivity contribution in [3.8, 4) is 0 Å². The van der Waals surface area contributed by atoms with Gasteiger partial charge in [0.1, 0.15) is 5.82 Å². The SMILES string of the molecule is CS(=O)(=O)N(CC(=O)NCCc1ccc(Cl)cc1)Cc1ccc(F)cc1. The number of benzene rings is 2. The van der Waals surface area contributed by atoms with Crippen LogP contribution in [0, 0.1) is 5.82 Å². The average Bonchev–Trinajstić information content (AvgIpc) is 2.57. The molecule has 0 spiro atoms. The van der Waals surface area contributed by atoms with Gasteiger partial charge in [0.2, 0.25) is 15.9 Å². The van der Waals surface area contributed by atoms with E-state index in [0.717, 1.165) is 16.1 Å². The van der Waals surface area contributed by atoms with Crippen LogP contribution in [0.2, 0.25) is 5.02 Å². The average molecular weight is 399 g/mol. The lowest BCUT2D eigenvalue weighted by Gasteiger charge is -2.19. The zero-order valence-corrected chi connectivity index (χ0v) is 15.9. The van der Waals surface area contributed by atoms with Crippen LogP contribution in [0.5, 0.6) is 0 Å². The van der Waals surface area contributed by atoms with Crippen molar-refractivity contribution < 1.29 is 17.6 Å². The number of rotatable bonds is 8. The van der Waals surface area contributed by atoms with Crippen LogP contribution in [0.15, 0.2) is 48.5 Å². The van der Waals surface area contributed by atoms with Crippen molar-refractivity contribution in [3.05, 3.63) is 70.5 Å². The quantitative estimate of drug-likeness (QED) is 0.743. The Labute approximate surface area is 157 Å². The van der Waals surface area contributed by atoms with Gasteiger partial charge in [0.25, 0.3) is 0 Å². The molecule has 0 fully saturated rings. The molecule has 1 amide bonds. The predicted octanol–water partition coefficient (Wildman–Crippen LogP) is 2.60. The summed E-state index contributed by atoms with van der Waals surface area (Å²) in [4.78, 5) is 12.1. The lowest BCUT2D eigenvalue weighted by atomic mass is 10.1. The smallest absolute Gasteiger partial charge is 0.235 e. The fourth-order valence-corrected chi connectivity index (χ4v) is 3.16. The molecule has 8 heteroatoms. The molecule has 0 radical (unpaired) electrons. The van der Waals surface area contributed by atoms with Gasteiger partial charge in [-0.1, -0.05) is 35.9 Å². The van der Waals surface area contributed by atoms with Crippen LogP contribution in [-0.4, -0.2) is 38.0 Å². The van der Waals surface area contributed by atoms with E-state index in [1.165, 1.54) is 24.3 Å². The molecular weight excluding hydrogens is 379 g/mol. The second-order valence-corrected chi connectivity index (χ2v) is 8.30. The molecule has 0 unspecified atom stereocenters. The van der Waals surface area contributed by atoms with E-state index in [1.54, 1.807) is 12.1 Å². The van der Waals surface area contributed by atoms with Crippen molar-refractivity contribution in [2.45, 2.75) is 13.0 Å². The molecule has 5 nitrogen and oxygen atoms in total. The van der Waals surface area contributed by atoms with Gasteiger partial charge in [0.05, 0.1) is 12.8 Å². The summed E-state index contributed by atoms with van der Waals surface area (Å²) in [6.07, 6.45) is 1.65. The number of amides is 1. The molecule has 2 rings (SSSR count). The molecule has 0 heterocycles. The number of nitrogens with one attached hydrogen (secondary N) is 1. The number of carbonyl (C=O) groups excluding carboxylic acids is 1. The van der Waals surface area contributed by atoms with Crippen molar-refractivity contribution in [1.29, 1.82) is 0 Å². The van der Waals surface area contributed by atoms with Crippen LogP contribution >= 0.6 is 11.6 Å². The van der Waals surface area contributed by atoms with E-state index in [4.69, 9.17) is 11.6 Å². The van der Waals surface area contributed by atoms with E-state index in [2.05, 4.69) is 5.32 Å². The maximum absolute atomic E-state index is 13.0. The lowest BCUT2D eigenvalue weighted by Crippen LogP contribution is -2.40. The normalized spacial score (nSPS) is 11.5. The minimum absolute atomic E-state index is 0.00369. The summed E-state index contributed by atoms with van der Waals surface area (Å²) in [5.41, 5.74) is 1.62. The molecular formula is C18H20ClFN2O3S. The molecule has 140 valence electrons. The summed E-state index contributed by atoms with van der Waals surface area (Å²) < 4.78 is 37.9. The predicted molar refractivity (Wildman–Crippen MR) is 99.8 cm³/mol. The largest absolute Gasteiger partial charge is 0.355 e. The van der Waals surface area contributed by atoms with Crippen molar-refractivity contribution >= 4 is 27.5 Å². The van der Waals surface area contributed by atoms with Crippen LogP contribution in [0.1, 0.15) is 11.1 Å². The molecule has 0 aliphatic rings. The van der Waals surface area contributed by atoms with Crippen LogP contribution in [0.4, 0.5) is 4.39 Å². The molecule has 0 atom stereocenters. The molecule has 0 aliphatic heterocycles. The third-order valence-corrected chi connectivity index (χ3v) is 5.16. The fourth-order valence-electron chi connectivity index (χ4n) is 2.30. The first-order valence-electron chi connectivity index (χ1n) is 7.95. The number of hydrogen-bond donors (Lipinski definition) is 1. The molecule has 0 bridgehead atoms. The third-order valence-electron chi connectivity index (χ3n) is 3.71. The maximum atomic E-state index is 13.0. The molecule has 0 aromatic heterocycles. The first-order valence-corrected chi connectivity index (χ1v) is 10.2. The van der Waals surface area contributed by atoms with Crippen LogP contribution in [0.3, 0.4) is 0 Å². The number of hydrogen-bond acceptors (Lipinski definition) is 3. The Bertz CT molecular complexity index is 840. The summed E-state index contributed by atoms with van der Waals surface area (Å²) in [7, 11) is -3.59. The van der Waals surface area contributed by atoms with Gasteiger partial charge in [0.15, 0.2) is 0 Å². The number of sulfonamides is 1. The molecule has 0 saturated carbocycles. The Morgan fingerprint density at radius 2 is 1.65 bits per heavy atom. The van der Waals surface area contributed by atoms with E-state index in [0.29, 0.717) is 23.6 Å². The van der Waals surface area contributed by atoms with Gasteiger partial charge < -0.3 is 5.32 Å². The van der Waals surface area contributed by atoms with Crippen molar-refractivity contribution in [2.75, 3.05) is 19.3 Å². The summed E-state index contributed by atoms with van der Waals surface area (Å²) in [6, 6.07) is 12.8. The summed E-state index contributed by atoms with van der Waals surface area (Å²) in [5, 5.41) is 3.35. The summed E-state index contributed by atoms with van der Waals surface area (Å²) in [6.45, 7) is 0.0924. The highest BCUT2D eigenvalue weighted by molar-refractivity contribution is 7.88. The highest BCUT2D eigenvalue weighted by Crippen LogP contribution is 2.11. The first kappa shape index (κ1) is 20.4. The highest BCUT2D eigenvalue weighted by Gasteiger charge is 2.20. The number of nitrogens with zero attached hydrogens (tertiary/aromatic N) is 1. The second-order valence-electron chi connectivity index (χ2n) is 5.88. The second kappa shape index (κ2) is 9.12. The van der Waals surface area contributed by atoms with Gasteiger partial charge in [-0.2, -0.15) is 4.31 Å². The summed E-state index contributed by atoms with van der Waals surface area (Å²) in [5.74, 6) is -0.800. The Balaban J connectivity index is 1.89. The van der Waals surface area contributed by atoms with Crippen LogP contribution in [-0.2, 0) is 27.8 Å². The highest BCUT2D eigenvalue weighted by atomic mass is 35.5. The fraction of sp³-hybridized carbons (Fsp3) is 0.278. The van der Waals surface area contributed by atoms with Crippen molar-refractivity contribution in [1.82, 2.24) is 9.62 Å². The van der Waals surface area contributed by atoms with Gasteiger partial charge in [-0.3, -0.25) is 4.79 Å². The standard InChI is InChI=1S/C18H20ClFN2O3S/c1-26(24,25)22(12-15-4-8-17(20)9-5-15)13-18(23)21-11-10-14-2-6-16(19)7-3-14/h2-9H,10-13H2,1H3,(H,21,23). The molecule has 0 saturated heterocycles. The lowest BCUT2D eigenvalue weighted by molar-refractivity contribution is -0.121. The molecule has 0 aliphatic carbocycles. The van der Waals surface area contributed by atoms with Crippen molar-refractivity contribution in [3.63, 3.8) is 0 Å².